The van der Waals surface area contributed by atoms with Gasteiger partial charge in [-0.15, -0.1) is 11.3 Å². The minimum absolute atomic E-state index is 0.108. The van der Waals surface area contributed by atoms with E-state index < -0.39 is 0 Å². The van der Waals surface area contributed by atoms with Gasteiger partial charge in [0.25, 0.3) is 5.56 Å². The number of aromatic nitrogens is 2. The van der Waals surface area contributed by atoms with Crippen LogP contribution in [0.4, 0.5) is 4.39 Å². The molecule has 2 aromatic heterocycles. The zero-order chi connectivity index (χ0) is 20.2. The number of Topliss-reactive ketones (excluding diaryl/α,β-unsaturated/α-hetero) is 1. The number of ketones is 1. The first-order valence-corrected chi connectivity index (χ1v) is 10.9. The molecule has 29 heavy (non-hydrogen) atoms. The van der Waals surface area contributed by atoms with Crippen molar-refractivity contribution in [3.05, 3.63) is 92.7 Å². The molecular formula is C22H17FN2O2S2. The van der Waals surface area contributed by atoms with E-state index in [4.69, 9.17) is 0 Å². The number of hydrogen-bond donors (Lipinski definition) is 0. The van der Waals surface area contributed by atoms with E-state index in [9.17, 15) is 14.0 Å². The smallest absolute Gasteiger partial charge is 0.262 e. The highest BCUT2D eigenvalue weighted by atomic mass is 32.2. The monoisotopic (exact) mass is 424 g/mol. The largest absolute Gasteiger partial charge is 0.293 e. The number of para-hydroxylation sites is 1. The number of hydrogen-bond acceptors (Lipinski definition) is 5. The second-order valence-corrected chi connectivity index (χ2v) is 8.39. The second-order valence-electron chi connectivity index (χ2n) is 6.42. The molecule has 0 amide bonds. The van der Waals surface area contributed by atoms with Crippen LogP contribution >= 0.6 is 23.1 Å². The lowest BCUT2D eigenvalue weighted by molar-refractivity contribution is 0.102. The molecule has 146 valence electrons. The van der Waals surface area contributed by atoms with Crippen molar-refractivity contribution in [3.8, 4) is 0 Å². The van der Waals surface area contributed by atoms with E-state index in [0.717, 1.165) is 6.42 Å². The summed E-state index contributed by atoms with van der Waals surface area (Å²) in [4.78, 5) is 31.3. The molecule has 0 spiro atoms. The fourth-order valence-electron chi connectivity index (χ4n) is 2.98. The number of halogens is 1. The van der Waals surface area contributed by atoms with Crippen molar-refractivity contribution in [2.45, 2.75) is 18.1 Å². The normalized spacial score (nSPS) is 11.1. The molecule has 7 heteroatoms. The highest BCUT2D eigenvalue weighted by molar-refractivity contribution is 7.99. The Morgan fingerprint density at radius 1 is 1.07 bits per heavy atom. The Morgan fingerprint density at radius 3 is 2.62 bits per heavy atom. The van der Waals surface area contributed by atoms with Crippen molar-refractivity contribution in [1.82, 2.24) is 9.55 Å². The van der Waals surface area contributed by atoms with Crippen molar-refractivity contribution in [2.75, 3.05) is 5.75 Å². The first-order chi connectivity index (χ1) is 14.1. The molecule has 4 aromatic rings. The predicted octanol–water partition coefficient (Wildman–Crippen LogP) is 4.81. The van der Waals surface area contributed by atoms with Crippen LogP contribution in [0.2, 0.25) is 0 Å². The SMILES string of the molecule is O=C(CSc1nc2ccccc2c(=O)n1CCc1cccs1)c1ccc(F)cc1. The Morgan fingerprint density at radius 2 is 1.86 bits per heavy atom. The molecule has 0 radical (unpaired) electrons. The molecule has 0 N–H and O–H groups in total. The fourth-order valence-corrected chi connectivity index (χ4v) is 4.60. The molecule has 4 nitrogen and oxygen atoms in total. The summed E-state index contributed by atoms with van der Waals surface area (Å²) in [5.74, 6) is -0.398. The molecule has 2 aromatic carbocycles. The van der Waals surface area contributed by atoms with Crippen LogP contribution in [-0.2, 0) is 13.0 Å². The number of carbonyl (C=O) groups excluding carboxylic acids is 1. The first kappa shape index (κ1) is 19.5. The summed E-state index contributed by atoms with van der Waals surface area (Å²) >= 11 is 2.88. The third kappa shape index (κ3) is 4.46. The van der Waals surface area contributed by atoms with Crippen LogP contribution in [0.25, 0.3) is 10.9 Å². The maximum Gasteiger partial charge on any atom is 0.262 e. The summed E-state index contributed by atoms with van der Waals surface area (Å²) < 4.78 is 14.7. The summed E-state index contributed by atoms with van der Waals surface area (Å²) in [6.07, 6.45) is 0.719. The first-order valence-electron chi connectivity index (χ1n) is 9.05. The van der Waals surface area contributed by atoms with Crippen LogP contribution in [0, 0.1) is 5.82 Å². The minimum atomic E-state index is -0.382. The van der Waals surface area contributed by atoms with E-state index in [1.807, 2.05) is 29.6 Å². The summed E-state index contributed by atoms with van der Waals surface area (Å²) in [6.45, 7) is 0.490. The van der Waals surface area contributed by atoms with E-state index >= 15 is 0 Å². The molecule has 4 rings (SSSR count). The lowest BCUT2D eigenvalue weighted by Crippen LogP contribution is -2.24. The van der Waals surface area contributed by atoms with Gasteiger partial charge >= 0.3 is 0 Å². The van der Waals surface area contributed by atoms with Crippen LogP contribution in [0.3, 0.4) is 0 Å². The standard InChI is InChI=1S/C22H17FN2O2S2/c23-16-9-7-15(8-10-16)20(26)14-29-22-24-19-6-2-1-5-18(19)21(27)25(22)12-11-17-4-3-13-28-17/h1-10,13H,11-12,14H2. The molecule has 0 aliphatic heterocycles. The van der Waals surface area contributed by atoms with Gasteiger partial charge in [0, 0.05) is 17.0 Å². The van der Waals surface area contributed by atoms with Gasteiger partial charge < -0.3 is 0 Å². The van der Waals surface area contributed by atoms with E-state index in [-0.39, 0.29) is 22.9 Å². The third-order valence-corrected chi connectivity index (χ3v) is 6.40. The van der Waals surface area contributed by atoms with Crippen LogP contribution in [-0.4, -0.2) is 21.1 Å². The van der Waals surface area contributed by atoms with Crippen molar-refractivity contribution in [1.29, 1.82) is 0 Å². The van der Waals surface area contributed by atoms with Crippen LogP contribution in [0.5, 0.6) is 0 Å². The quantitative estimate of drug-likeness (QED) is 0.243. The average molecular weight is 425 g/mol. The summed E-state index contributed by atoms with van der Waals surface area (Å²) in [6, 6.07) is 16.7. The Bertz CT molecular complexity index is 1200. The molecular weight excluding hydrogens is 407 g/mol. The Labute approximate surface area is 175 Å². The predicted molar refractivity (Wildman–Crippen MR) is 115 cm³/mol. The Balaban J connectivity index is 1.62. The van der Waals surface area contributed by atoms with Crippen molar-refractivity contribution in [3.63, 3.8) is 0 Å². The molecule has 0 fully saturated rings. The molecule has 0 aliphatic carbocycles. The lowest BCUT2D eigenvalue weighted by atomic mass is 10.1. The van der Waals surface area contributed by atoms with Gasteiger partial charge in [0.2, 0.25) is 0 Å². The zero-order valence-electron chi connectivity index (χ0n) is 15.4. The van der Waals surface area contributed by atoms with E-state index in [0.29, 0.717) is 28.2 Å². The summed E-state index contributed by atoms with van der Waals surface area (Å²) in [5, 5.41) is 3.09. The third-order valence-electron chi connectivity index (χ3n) is 4.49. The van der Waals surface area contributed by atoms with Crippen molar-refractivity contribution >= 4 is 39.8 Å². The van der Waals surface area contributed by atoms with Gasteiger partial charge in [-0.1, -0.05) is 30.0 Å². The molecule has 0 bridgehead atoms. The number of benzene rings is 2. The second kappa shape index (κ2) is 8.71. The number of nitrogens with zero attached hydrogens (tertiary/aromatic N) is 2. The maximum absolute atomic E-state index is 13.1. The Kier molecular flexibility index (Phi) is 5.87. The Hall–Kier alpha value is -2.77. The average Bonchev–Trinajstić information content (AvgIpc) is 3.25. The van der Waals surface area contributed by atoms with Gasteiger partial charge in [-0.25, -0.2) is 9.37 Å². The van der Waals surface area contributed by atoms with Crippen molar-refractivity contribution in [2.24, 2.45) is 0 Å². The summed E-state index contributed by atoms with van der Waals surface area (Å²) in [7, 11) is 0. The van der Waals surface area contributed by atoms with Crippen molar-refractivity contribution < 1.29 is 9.18 Å². The topological polar surface area (TPSA) is 52.0 Å². The maximum atomic E-state index is 13.1. The highest BCUT2D eigenvalue weighted by Gasteiger charge is 2.14. The minimum Gasteiger partial charge on any atom is -0.293 e. The summed E-state index contributed by atoms with van der Waals surface area (Å²) in [5.41, 5.74) is 0.942. The van der Waals surface area contributed by atoms with Crippen LogP contribution in [0.1, 0.15) is 15.2 Å². The van der Waals surface area contributed by atoms with Crippen LogP contribution in [0.15, 0.2) is 76.0 Å². The highest BCUT2D eigenvalue weighted by Crippen LogP contribution is 2.20. The number of rotatable bonds is 7. The molecule has 0 atom stereocenters. The molecule has 0 aliphatic rings. The number of carbonyl (C=O) groups is 1. The van der Waals surface area contributed by atoms with Gasteiger partial charge in [0.05, 0.1) is 16.7 Å². The fraction of sp³-hybridized carbons (Fsp3) is 0.136. The number of aryl methyl sites for hydroxylation is 1. The van der Waals surface area contributed by atoms with E-state index in [2.05, 4.69) is 4.98 Å². The van der Waals surface area contributed by atoms with Gasteiger partial charge in [-0.2, -0.15) is 0 Å². The zero-order valence-corrected chi connectivity index (χ0v) is 17.0. The van der Waals surface area contributed by atoms with Crippen LogP contribution < -0.4 is 5.56 Å². The molecule has 0 saturated carbocycles. The number of fused-ring (bicyclic) bond motifs is 1. The van der Waals surface area contributed by atoms with E-state index in [1.54, 1.807) is 28.0 Å². The van der Waals surface area contributed by atoms with Gasteiger partial charge in [0.1, 0.15) is 5.82 Å². The van der Waals surface area contributed by atoms with Gasteiger partial charge in [-0.3, -0.25) is 14.2 Å². The molecule has 0 saturated heterocycles. The van der Waals surface area contributed by atoms with Gasteiger partial charge in [0.15, 0.2) is 10.9 Å². The molecule has 0 unspecified atom stereocenters. The lowest BCUT2D eigenvalue weighted by Gasteiger charge is -2.12. The number of thiophene rings is 1. The number of thioether (sulfide) groups is 1. The van der Waals surface area contributed by atoms with Gasteiger partial charge in [-0.05, 0) is 54.3 Å². The molecule has 2 heterocycles. The van der Waals surface area contributed by atoms with E-state index in [1.165, 1.54) is 40.9 Å².